The second-order valence-electron chi connectivity index (χ2n) is 6.33. The van der Waals surface area contributed by atoms with Crippen LogP contribution in [0.1, 0.15) is 25.6 Å². The van der Waals surface area contributed by atoms with Gasteiger partial charge >= 0.3 is 11.7 Å². The molecule has 0 aliphatic carbocycles. The van der Waals surface area contributed by atoms with Crippen LogP contribution in [-0.2, 0) is 27.1 Å². The Morgan fingerprint density at radius 3 is 2.39 bits per heavy atom. The summed E-state index contributed by atoms with van der Waals surface area (Å²) in [6, 6.07) is 3.12. The molecule has 0 spiro atoms. The molecule has 1 aromatic carbocycles. The maximum Gasteiger partial charge on any atom is 0.328 e. The van der Waals surface area contributed by atoms with Gasteiger partial charge in [-0.15, -0.1) is 10.2 Å². The van der Waals surface area contributed by atoms with E-state index >= 15 is 0 Å². The Morgan fingerprint density at radius 2 is 1.82 bits per heavy atom. The van der Waals surface area contributed by atoms with Gasteiger partial charge in [-0.3, -0.25) is 9.13 Å². The summed E-state index contributed by atoms with van der Waals surface area (Å²) in [5, 5.41) is 10.7. The van der Waals surface area contributed by atoms with Crippen molar-refractivity contribution in [2.75, 3.05) is 19.0 Å². The van der Waals surface area contributed by atoms with E-state index in [0.717, 1.165) is 0 Å². The first-order valence-corrected chi connectivity index (χ1v) is 9.00. The van der Waals surface area contributed by atoms with Crippen LogP contribution in [0.25, 0.3) is 11.0 Å². The van der Waals surface area contributed by atoms with Crippen molar-refractivity contribution >= 4 is 22.8 Å². The predicted octanol–water partition coefficient (Wildman–Crippen LogP) is 1.88. The molecule has 10 heteroatoms. The van der Waals surface area contributed by atoms with E-state index < -0.39 is 0 Å². The molecule has 0 fully saturated rings. The minimum absolute atomic E-state index is 0.154. The summed E-state index contributed by atoms with van der Waals surface area (Å²) in [6.07, 6.45) is 0.637. The fraction of sp³-hybridized carbons (Fsp3) is 0.444. The lowest BCUT2D eigenvalue weighted by Gasteiger charge is -2.20. The van der Waals surface area contributed by atoms with E-state index in [1.165, 1.54) is 16.2 Å². The van der Waals surface area contributed by atoms with Crippen LogP contribution in [0.2, 0.25) is 0 Å². The van der Waals surface area contributed by atoms with Gasteiger partial charge in [-0.2, -0.15) is 0 Å². The van der Waals surface area contributed by atoms with E-state index in [4.69, 9.17) is 9.15 Å². The third-order valence-corrected chi connectivity index (χ3v) is 4.64. The topological polar surface area (TPSA) is 107 Å². The molecule has 0 bridgehead atoms. The molecule has 10 nitrogen and oxygen atoms in total. The number of carbonyl (C=O) groups is 1. The van der Waals surface area contributed by atoms with Crippen LogP contribution in [0.5, 0.6) is 5.75 Å². The van der Waals surface area contributed by atoms with Crippen molar-refractivity contribution in [3.05, 3.63) is 34.4 Å². The summed E-state index contributed by atoms with van der Waals surface area (Å²) in [5.41, 5.74) is 1.72. The van der Waals surface area contributed by atoms with Gasteiger partial charge in [0.2, 0.25) is 11.8 Å². The van der Waals surface area contributed by atoms with Crippen molar-refractivity contribution in [3.8, 4) is 5.75 Å². The lowest BCUT2D eigenvalue weighted by Crippen LogP contribution is -2.34. The van der Waals surface area contributed by atoms with Gasteiger partial charge in [0.15, 0.2) is 0 Å². The van der Waals surface area contributed by atoms with Crippen molar-refractivity contribution < 1.29 is 13.9 Å². The Hall–Kier alpha value is -3.30. The summed E-state index contributed by atoms with van der Waals surface area (Å²) in [6.45, 7) is 4.42. The first kappa shape index (κ1) is 19.5. The number of urea groups is 1. The summed E-state index contributed by atoms with van der Waals surface area (Å²) >= 11 is 0. The molecule has 1 N–H and O–H groups in total. The zero-order valence-electron chi connectivity index (χ0n) is 16.6. The standard InChI is InChI=1S/C18H24N6O4/c1-6-15-20-21-16(28-15)10-24(7-2)17(25)19-11-8-12-13(9-14(11)27-5)23(4)18(26)22(12)3/h8-9H,6-7,10H2,1-5H3,(H,19,25). The van der Waals surface area contributed by atoms with Crippen LogP contribution >= 0.6 is 0 Å². The van der Waals surface area contributed by atoms with E-state index in [2.05, 4.69) is 15.5 Å². The second-order valence-corrected chi connectivity index (χ2v) is 6.33. The van der Waals surface area contributed by atoms with Gasteiger partial charge in [0.25, 0.3) is 0 Å². The van der Waals surface area contributed by atoms with Crippen LogP contribution in [0.3, 0.4) is 0 Å². The average molecular weight is 388 g/mol. The SMILES string of the molecule is CCc1nnc(CN(CC)C(=O)Nc2cc3c(cc2OC)n(C)c(=O)n3C)o1. The van der Waals surface area contributed by atoms with Crippen LogP contribution in [0.15, 0.2) is 21.3 Å². The third kappa shape index (κ3) is 3.45. The smallest absolute Gasteiger partial charge is 0.328 e. The summed E-state index contributed by atoms with van der Waals surface area (Å²) in [5.74, 6) is 1.37. The van der Waals surface area contributed by atoms with Crippen LogP contribution < -0.4 is 15.7 Å². The normalized spacial score (nSPS) is 11.0. The first-order chi connectivity index (χ1) is 13.4. The number of aryl methyl sites for hydroxylation is 3. The molecule has 28 heavy (non-hydrogen) atoms. The highest BCUT2D eigenvalue weighted by Gasteiger charge is 2.19. The number of nitrogens with zero attached hydrogens (tertiary/aromatic N) is 5. The van der Waals surface area contributed by atoms with Crippen LogP contribution in [0, 0.1) is 0 Å². The molecule has 0 unspecified atom stereocenters. The van der Waals surface area contributed by atoms with Gasteiger partial charge in [0, 0.05) is 33.1 Å². The second kappa shape index (κ2) is 7.75. The maximum absolute atomic E-state index is 12.8. The number of carbonyl (C=O) groups excluding carboxylic acids is 1. The number of fused-ring (bicyclic) bond motifs is 1. The molecule has 2 aromatic heterocycles. The molecule has 2 amide bonds. The molecule has 0 atom stereocenters. The number of ether oxygens (including phenoxy) is 1. The van der Waals surface area contributed by atoms with Crippen LogP contribution in [-0.4, -0.2) is 43.9 Å². The number of aromatic nitrogens is 4. The minimum atomic E-state index is -0.336. The molecule has 3 aromatic rings. The lowest BCUT2D eigenvalue weighted by atomic mass is 10.2. The van der Waals surface area contributed by atoms with Crippen LogP contribution in [0.4, 0.5) is 10.5 Å². The number of imidazole rings is 1. The largest absolute Gasteiger partial charge is 0.494 e. The Bertz CT molecular complexity index is 1060. The van der Waals surface area contributed by atoms with Crippen molar-refractivity contribution in [2.45, 2.75) is 26.8 Å². The predicted molar refractivity (Wildman–Crippen MR) is 103 cm³/mol. The molecule has 150 valence electrons. The fourth-order valence-electron chi connectivity index (χ4n) is 2.97. The van der Waals surface area contributed by atoms with Gasteiger partial charge in [-0.1, -0.05) is 6.92 Å². The highest BCUT2D eigenvalue weighted by molar-refractivity contribution is 5.94. The number of methoxy groups -OCH3 is 1. The molecular weight excluding hydrogens is 364 g/mol. The number of benzene rings is 1. The zero-order chi connectivity index (χ0) is 20.4. The Morgan fingerprint density at radius 1 is 1.18 bits per heavy atom. The number of anilines is 1. The highest BCUT2D eigenvalue weighted by Crippen LogP contribution is 2.30. The molecule has 0 aliphatic rings. The maximum atomic E-state index is 12.8. The molecule has 0 radical (unpaired) electrons. The van der Waals surface area contributed by atoms with Gasteiger partial charge in [0.1, 0.15) is 12.3 Å². The average Bonchev–Trinajstić information content (AvgIpc) is 3.24. The summed E-state index contributed by atoms with van der Waals surface area (Å²) < 4.78 is 14.0. The van der Waals surface area contributed by atoms with Gasteiger partial charge in [-0.25, -0.2) is 9.59 Å². The monoisotopic (exact) mass is 388 g/mol. The number of hydrogen-bond donors (Lipinski definition) is 1. The molecule has 2 heterocycles. The Balaban J connectivity index is 1.88. The van der Waals surface area contributed by atoms with Crippen molar-refractivity contribution in [1.29, 1.82) is 0 Å². The zero-order valence-corrected chi connectivity index (χ0v) is 16.6. The number of hydrogen-bond acceptors (Lipinski definition) is 6. The highest BCUT2D eigenvalue weighted by atomic mass is 16.5. The number of rotatable bonds is 6. The van der Waals surface area contributed by atoms with E-state index in [0.29, 0.717) is 47.2 Å². The van der Waals surface area contributed by atoms with Gasteiger partial charge in [-0.05, 0) is 13.0 Å². The summed E-state index contributed by atoms with van der Waals surface area (Å²) in [7, 11) is 4.89. The fourth-order valence-corrected chi connectivity index (χ4v) is 2.97. The van der Waals surface area contributed by atoms with E-state index in [-0.39, 0.29) is 18.3 Å². The van der Waals surface area contributed by atoms with E-state index in [9.17, 15) is 9.59 Å². The minimum Gasteiger partial charge on any atom is -0.494 e. The molecular formula is C18H24N6O4. The van der Waals surface area contributed by atoms with Gasteiger partial charge < -0.3 is 19.4 Å². The first-order valence-electron chi connectivity index (χ1n) is 9.00. The van der Waals surface area contributed by atoms with E-state index in [1.807, 2.05) is 13.8 Å². The van der Waals surface area contributed by atoms with Crippen molar-refractivity contribution in [3.63, 3.8) is 0 Å². The Labute approximate surface area is 161 Å². The van der Waals surface area contributed by atoms with E-state index in [1.54, 1.807) is 31.1 Å². The molecule has 0 saturated heterocycles. The van der Waals surface area contributed by atoms with Gasteiger partial charge in [0.05, 0.1) is 23.8 Å². The molecule has 0 aliphatic heterocycles. The summed E-state index contributed by atoms with van der Waals surface area (Å²) in [4.78, 5) is 26.5. The van der Waals surface area contributed by atoms with Crippen molar-refractivity contribution in [1.82, 2.24) is 24.2 Å². The lowest BCUT2D eigenvalue weighted by molar-refractivity contribution is 0.205. The number of amides is 2. The van der Waals surface area contributed by atoms with Crippen molar-refractivity contribution in [2.24, 2.45) is 14.1 Å². The third-order valence-electron chi connectivity index (χ3n) is 4.64. The Kier molecular flexibility index (Phi) is 5.39. The number of nitrogens with one attached hydrogen (secondary N) is 1. The quantitative estimate of drug-likeness (QED) is 0.691. The molecule has 0 saturated carbocycles. The molecule has 3 rings (SSSR count).